The standard InChI is InChI=1S/C18H30O3Si/c1-13(2)12-14-10-8-9-11-15(14)16(17(19)20)21-22(6,7)18(3,4)5/h8-11,13,16H,12H2,1-7H3,(H,19,20)/t16-/m0/s1. The molecule has 1 aromatic rings. The number of carboxylic acids is 1. The summed E-state index contributed by atoms with van der Waals surface area (Å²) in [7, 11) is -2.16. The molecule has 1 aromatic carbocycles. The van der Waals surface area contributed by atoms with Gasteiger partial charge in [0.1, 0.15) is 0 Å². The lowest BCUT2D eigenvalue weighted by molar-refractivity contribution is -0.146. The van der Waals surface area contributed by atoms with Crippen molar-refractivity contribution in [2.45, 2.75) is 65.3 Å². The van der Waals surface area contributed by atoms with Crippen LogP contribution in [0, 0.1) is 5.92 Å². The molecule has 0 spiro atoms. The molecule has 1 rings (SSSR count). The maximum atomic E-state index is 11.8. The molecule has 0 aromatic heterocycles. The highest BCUT2D eigenvalue weighted by molar-refractivity contribution is 6.74. The van der Waals surface area contributed by atoms with E-state index in [2.05, 4.69) is 47.7 Å². The highest BCUT2D eigenvalue weighted by Crippen LogP contribution is 2.40. The lowest BCUT2D eigenvalue weighted by atomic mass is 9.95. The topological polar surface area (TPSA) is 46.5 Å². The summed E-state index contributed by atoms with van der Waals surface area (Å²) in [5, 5.41) is 9.69. The van der Waals surface area contributed by atoms with E-state index in [1.165, 1.54) is 0 Å². The van der Waals surface area contributed by atoms with Crippen molar-refractivity contribution in [1.29, 1.82) is 0 Å². The highest BCUT2D eigenvalue weighted by Gasteiger charge is 2.41. The molecular weight excluding hydrogens is 292 g/mol. The maximum absolute atomic E-state index is 11.8. The van der Waals surface area contributed by atoms with E-state index in [0.29, 0.717) is 5.92 Å². The van der Waals surface area contributed by atoms with Crippen molar-refractivity contribution in [2.24, 2.45) is 5.92 Å². The van der Waals surface area contributed by atoms with Gasteiger partial charge in [-0.2, -0.15) is 0 Å². The van der Waals surface area contributed by atoms with Crippen LogP contribution in [0.25, 0.3) is 0 Å². The van der Waals surface area contributed by atoms with E-state index in [-0.39, 0.29) is 5.04 Å². The van der Waals surface area contributed by atoms with E-state index in [1.54, 1.807) is 0 Å². The molecule has 22 heavy (non-hydrogen) atoms. The van der Waals surface area contributed by atoms with Gasteiger partial charge in [-0.05, 0) is 41.6 Å². The quantitative estimate of drug-likeness (QED) is 0.747. The number of aliphatic carboxylic acids is 1. The molecule has 0 unspecified atom stereocenters. The molecule has 0 radical (unpaired) electrons. The lowest BCUT2D eigenvalue weighted by Gasteiger charge is -2.38. The van der Waals surface area contributed by atoms with Crippen LogP contribution in [0.15, 0.2) is 24.3 Å². The van der Waals surface area contributed by atoms with Crippen molar-refractivity contribution in [2.75, 3.05) is 0 Å². The molecule has 124 valence electrons. The summed E-state index contributed by atoms with van der Waals surface area (Å²) in [4.78, 5) is 11.8. The molecule has 0 amide bonds. The molecule has 0 fully saturated rings. The Balaban J connectivity index is 3.20. The van der Waals surface area contributed by atoms with Gasteiger partial charge in [0, 0.05) is 0 Å². The smallest absolute Gasteiger partial charge is 0.336 e. The fraction of sp³-hybridized carbons (Fsp3) is 0.611. The summed E-state index contributed by atoms with van der Waals surface area (Å²) in [5.41, 5.74) is 1.87. The molecule has 3 nitrogen and oxygen atoms in total. The van der Waals surface area contributed by atoms with Crippen LogP contribution in [-0.4, -0.2) is 19.4 Å². The van der Waals surface area contributed by atoms with Crippen LogP contribution in [0.2, 0.25) is 18.1 Å². The summed E-state index contributed by atoms with van der Waals surface area (Å²) >= 11 is 0. The van der Waals surface area contributed by atoms with E-state index in [9.17, 15) is 9.90 Å². The van der Waals surface area contributed by atoms with Crippen molar-refractivity contribution >= 4 is 14.3 Å². The van der Waals surface area contributed by atoms with Crippen molar-refractivity contribution < 1.29 is 14.3 Å². The van der Waals surface area contributed by atoms with Gasteiger partial charge in [0.15, 0.2) is 14.4 Å². The van der Waals surface area contributed by atoms with Crippen LogP contribution in [0.3, 0.4) is 0 Å². The van der Waals surface area contributed by atoms with Gasteiger partial charge in [0.05, 0.1) is 0 Å². The van der Waals surface area contributed by atoms with E-state index in [1.807, 2.05) is 24.3 Å². The minimum atomic E-state index is -2.16. The SMILES string of the molecule is CC(C)Cc1ccccc1[C@H](O[Si](C)(C)C(C)(C)C)C(=O)O. The Hall–Kier alpha value is -1.13. The van der Waals surface area contributed by atoms with Gasteiger partial charge in [-0.15, -0.1) is 0 Å². The van der Waals surface area contributed by atoms with Gasteiger partial charge in [0.2, 0.25) is 0 Å². The third-order valence-corrected chi connectivity index (χ3v) is 8.85. The molecule has 0 aliphatic heterocycles. The monoisotopic (exact) mass is 322 g/mol. The molecule has 1 atom stereocenters. The Morgan fingerprint density at radius 2 is 1.77 bits per heavy atom. The van der Waals surface area contributed by atoms with Crippen LogP contribution in [0.5, 0.6) is 0 Å². The van der Waals surface area contributed by atoms with E-state index >= 15 is 0 Å². The first kappa shape index (κ1) is 18.9. The number of carbonyl (C=O) groups is 1. The second-order valence-electron chi connectivity index (χ2n) is 7.89. The van der Waals surface area contributed by atoms with Crippen LogP contribution < -0.4 is 0 Å². The minimum absolute atomic E-state index is 0.0201. The molecule has 0 saturated heterocycles. The van der Waals surface area contributed by atoms with Crippen LogP contribution >= 0.6 is 0 Å². The largest absolute Gasteiger partial charge is 0.479 e. The maximum Gasteiger partial charge on any atom is 0.336 e. The van der Waals surface area contributed by atoms with Crippen LogP contribution in [0.4, 0.5) is 0 Å². The Kier molecular flexibility index (Phi) is 5.99. The zero-order chi connectivity index (χ0) is 17.1. The van der Waals surface area contributed by atoms with Crippen molar-refractivity contribution in [3.05, 3.63) is 35.4 Å². The first-order valence-corrected chi connectivity index (χ1v) is 10.8. The zero-order valence-corrected chi connectivity index (χ0v) is 15.9. The van der Waals surface area contributed by atoms with Gasteiger partial charge in [0.25, 0.3) is 0 Å². The van der Waals surface area contributed by atoms with Crippen LogP contribution in [0.1, 0.15) is 51.8 Å². The normalized spacial score (nSPS) is 14.2. The summed E-state index contributed by atoms with van der Waals surface area (Å²) in [6.07, 6.45) is -0.0169. The van der Waals surface area contributed by atoms with Crippen molar-refractivity contribution in [3.8, 4) is 0 Å². The van der Waals surface area contributed by atoms with E-state index in [0.717, 1.165) is 17.5 Å². The van der Waals surface area contributed by atoms with E-state index in [4.69, 9.17) is 4.43 Å². The number of hydrogen-bond acceptors (Lipinski definition) is 2. The lowest BCUT2D eigenvalue weighted by Crippen LogP contribution is -2.43. The third kappa shape index (κ3) is 4.68. The summed E-state index contributed by atoms with van der Waals surface area (Å²) in [6, 6.07) is 7.76. The Morgan fingerprint density at radius 1 is 1.23 bits per heavy atom. The molecule has 1 N–H and O–H groups in total. The van der Waals surface area contributed by atoms with Gasteiger partial charge in [-0.3, -0.25) is 0 Å². The van der Waals surface area contributed by atoms with Gasteiger partial charge in [-0.25, -0.2) is 4.79 Å². The summed E-state index contributed by atoms with van der Waals surface area (Å²) in [5.74, 6) is -0.426. The van der Waals surface area contributed by atoms with Crippen molar-refractivity contribution in [1.82, 2.24) is 0 Å². The zero-order valence-electron chi connectivity index (χ0n) is 14.9. The second kappa shape index (κ2) is 6.96. The molecule has 0 aliphatic rings. The molecule has 0 saturated carbocycles. The fourth-order valence-corrected chi connectivity index (χ4v) is 3.30. The minimum Gasteiger partial charge on any atom is -0.479 e. The number of hydrogen-bond donors (Lipinski definition) is 1. The van der Waals surface area contributed by atoms with Gasteiger partial charge in [-0.1, -0.05) is 58.9 Å². The summed E-state index contributed by atoms with van der Waals surface area (Å²) in [6.45, 7) is 14.8. The molecule has 0 heterocycles. The predicted molar refractivity (Wildman–Crippen MR) is 93.6 cm³/mol. The number of rotatable bonds is 6. The molecule has 0 aliphatic carbocycles. The Bertz CT molecular complexity index is 515. The molecule has 4 heteroatoms. The number of carboxylic acid groups (broad SMARTS) is 1. The number of benzene rings is 1. The fourth-order valence-electron chi connectivity index (χ4n) is 2.13. The average Bonchev–Trinajstić information content (AvgIpc) is 2.34. The van der Waals surface area contributed by atoms with Gasteiger partial charge >= 0.3 is 5.97 Å². The first-order valence-electron chi connectivity index (χ1n) is 7.94. The summed E-state index contributed by atoms with van der Waals surface area (Å²) < 4.78 is 6.21. The first-order chi connectivity index (χ1) is 9.95. The Morgan fingerprint density at radius 3 is 2.23 bits per heavy atom. The van der Waals surface area contributed by atoms with E-state index < -0.39 is 20.4 Å². The molecule has 0 bridgehead atoms. The average molecular weight is 323 g/mol. The van der Waals surface area contributed by atoms with Gasteiger partial charge < -0.3 is 9.53 Å². The molecular formula is C18H30O3Si. The Labute approximate surface area is 135 Å². The predicted octanol–water partition coefficient (Wildman–Crippen LogP) is 5.03. The van der Waals surface area contributed by atoms with Crippen LogP contribution in [-0.2, 0) is 15.6 Å². The second-order valence-corrected chi connectivity index (χ2v) is 12.6. The third-order valence-electron chi connectivity index (χ3n) is 4.41. The highest BCUT2D eigenvalue weighted by atomic mass is 28.4. The van der Waals surface area contributed by atoms with Crippen molar-refractivity contribution in [3.63, 3.8) is 0 Å².